The minimum atomic E-state index is 0.708. The topological polar surface area (TPSA) is 9.23 Å². The molecule has 2 aliphatic carbocycles. The summed E-state index contributed by atoms with van der Waals surface area (Å²) in [5, 5.41) is 0. The van der Waals surface area contributed by atoms with Gasteiger partial charge in [0.25, 0.3) is 0 Å². The fourth-order valence-corrected chi connectivity index (χ4v) is 2.15. The molecule has 1 heteroatoms. The zero-order chi connectivity index (χ0) is 7.84. The van der Waals surface area contributed by atoms with Crippen LogP contribution in [0.3, 0.4) is 0 Å². The van der Waals surface area contributed by atoms with Crippen molar-refractivity contribution in [1.29, 1.82) is 0 Å². The zero-order valence-corrected chi connectivity index (χ0v) is 7.13. The van der Waals surface area contributed by atoms with Gasteiger partial charge in [-0.25, -0.2) is 0 Å². The van der Waals surface area contributed by atoms with Gasteiger partial charge < -0.3 is 4.74 Å². The molecule has 1 saturated carbocycles. The maximum Gasteiger partial charge on any atom is 0.0922 e. The Bertz CT molecular complexity index is 225. The zero-order valence-electron chi connectivity index (χ0n) is 7.13. The summed E-state index contributed by atoms with van der Waals surface area (Å²) >= 11 is 0. The Balaban J connectivity index is 2.26. The Morgan fingerprint density at radius 2 is 2.36 bits per heavy atom. The Morgan fingerprint density at radius 3 is 2.82 bits per heavy atom. The lowest BCUT2D eigenvalue weighted by atomic mass is 10.00. The number of rotatable bonds is 1. The van der Waals surface area contributed by atoms with Crippen molar-refractivity contribution in [2.75, 3.05) is 7.11 Å². The number of fused-ring (bicyclic) bond motifs is 2. The largest absolute Gasteiger partial charge is 0.501 e. The van der Waals surface area contributed by atoms with Crippen molar-refractivity contribution in [1.82, 2.24) is 0 Å². The molecule has 0 aromatic heterocycles. The van der Waals surface area contributed by atoms with Crippen LogP contribution in [0.1, 0.15) is 19.8 Å². The first-order chi connectivity index (χ1) is 5.31. The predicted octanol–water partition coefficient (Wildman–Crippen LogP) is 2.50. The smallest absolute Gasteiger partial charge is 0.0922 e. The molecule has 2 bridgehead atoms. The van der Waals surface area contributed by atoms with E-state index in [1.165, 1.54) is 18.4 Å². The maximum atomic E-state index is 5.23. The third-order valence-electron chi connectivity index (χ3n) is 2.86. The Labute approximate surface area is 67.7 Å². The van der Waals surface area contributed by atoms with E-state index in [1.807, 2.05) is 0 Å². The number of methoxy groups -OCH3 is 1. The van der Waals surface area contributed by atoms with Crippen molar-refractivity contribution < 1.29 is 4.74 Å². The van der Waals surface area contributed by atoms with E-state index in [0.717, 1.165) is 11.7 Å². The number of allylic oxidation sites excluding steroid dienone is 4. The van der Waals surface area contributed by atoms with Gasteiger partial charge in [-0.2, -0.15) is 0 Å². The minimum Gasteiger partial charge on any atom is -0.501 e. The second kappa shape index (κ2) is 2.40. The second-order valence-corrected chi connectivity index (χ2v) is 3.48. The quantitative estimate of drug-likeness (QED) is 0.412. The summed E-state index contributed by atoms with van der Waals surface area (Å²) in [6.45, 7) is 2.07. The molecule has 1 fully saturated rings. The molecule has 11 heavy (non-hydrogen) atoms. The molecule has 0 aromatic carbocycles. The molecule has 1 nitrogen and oxygen atoms in total. The van der Waals surface area contributed by atoms with Gasteiger partial charge in [0, 0.05) is 5.92 Å². The van der Waals surface area contributed by atoms with E-state index in [4.69, 9.17) is 4.74 Å². The van der Waals surface area contributed by atoms with Gasteiger partial charge >= 0.3 is 0 Å². The Morgan fingerprint density at radius 1 is 1.55 bits per heavy atom. The van der Waals surface area contributed by atoms with Crippen LogP contribution in [-0.4, -0.2) is 7.11 Å². The maximum absolute atomic E-state index is 5.23. The Kier molecular flexibility index (Phi) is 1.52. The predicted molar refractivity (Wildman–Crippen MR) is 45.1 cm³/mol. The van der Waals surface area contributed by atoms with Crippen LogP contribution < -0.4 is 0 Å². The number of hydrogen-bond donors (Lipinski definition) is 0. The van der Waals surface area contributed by atoms with Crippen LogP contribution in [0, 0.1) is 11.8 Å². The molecule has 0 N–H and O–H groups in total. The molecular formula is C10H14O. The van der Waals surface area contributed by atoms with Gasteiger partial charge in [0.05, 0.1) is 12.9 Å². The molecule has 0 radical (unpaired) electrons. The minimum absolute atomic E-state index is 0.708. The number of ether oxygens (including phenoxy) is 1. The van der Waals surface area contributed by atoms with Gasteiger partial charge in [-0.3, -0.25) is 0 Å². The molecule has 2 aliphatic rings. The monoisotopic (exact) mass is 150 g/mol. The highest BCUT2D eigenvalue weighted by Crippen LogP contribution is 2.44. The van der Waals surface area contributed by atoms with Crippen molar-refractivity contribution in [3.05, 3.63) is 23.5 Å². The van der Waals surface area contributed by atoms with Crippen LogP contribution in [0.15, 0.2) is 23.5 Å². The van der Waals surface area contributed by atoms with Crippen LogP contribution in [0.2, 0.25) is 0 Å². The summed E-state index contributed by atoms with van der Waals surface area (Å²) in [6.07, 6.45) is 7.24. The fourth-order valence-electron chi connectivity index (χ4n) is 2.15. The van der Waals surface area contributed by atoms with Gasteiger partial charge in [0.15, 0.2) is 0 Å². The lowest BCUT2D eigenvalue weighted by Gasteiger charge is -2.11. The molecule has 0 amide bonds. The molecule has 0 aliphatic heterocycles. The Hall–Kier alpha value is -0.720. The highest BCUT2D eigenvalue weighted by molar-refractivity contribution is 5.28. The van der Waals surface area contributed by atoms with Crippen molar-refractivity contribution >= 4 is 0 Å². The molecule has 60 valence electrons. The summed E-state index contributed by atoms with van der Waals surface area (Å²) in [6, 6.07) is 0. The highest BCUT2D eigenvalue weighted by atomic mass is 16.5. The van der Waals surface area contributed by atoms with Crippen LogP contribution in [0.25, 0.3) is 0 Å². The summed E-state index contributed by atoms with van der Waals surface area (Å²) in [4.78, 5) is 0. The van der Waals surface area contributed by atoms with E-state index in [-0.39, 0.29) is 0 Å². The van der Waals surface area contributed by atoms with E-state index in [0.29, 0.717) is 5.92 Å². The van der Waals surface area contributed by atoms with E-state index < -0.39 is 0 Å². The molecule has 0 spiro atoms. The first-order valence-electron chi connectivity index (χ1n) is 4.23. The van der Waals surface area contributed by atoms with Crippen LogP contribution >= 0.6 is 0 Å². The lowest BCUT2D eigenvalue weighted by Crippen LogP contribution is -1.97. The first kappa shape index (κ1) is 6.96. The average Bonchev–Trinajstić information content (AvgIpc) is 2.62. The van der Waals surface area contributed by atoms with E-state index in [2.05, 4.69) is 19.1 Å². The third-order valence-corrected chi connectivity index (χ3v) is 2.86. The third kappa shape index (κ3) is 0.991. The standard InChI is InChI=1S/C10H14O/c1-7(11-2)10-6-8-3-4-9(10)5-8/h3-4,8-9H,5-6H2,1-2H3. The lowest BCUT2D eigenvalue weighted by molar-refractivity contribution is 0.285. The van der Waals surface area contributed by atoms with Gasteiger partial charge in [-0.1, -0.05) is 12.2 Å². The SMILES string of the molecule is COC(C)=C1CC2C=CC1C2. The summed E-state index contributed by atoms with van der Waals surface area (Å²) in [7, 11) is 1.76. The first-order valence-corrected chi connectivity index (χ1v) is 4.23. The summed E-state index contributed by atoms with van der Waals surface area (Å²) in [5.41, 5.74) is 1.53. The van der Waals surface area contributed by atoms with E-state index in [9.17, 15) is 0 Å². The summed E-state index contributed by atoms with van der Waals surface area (Å²) in [5.74, 6) is 2.67. The molecule has 0 saturated heterocycles. The normalized spacial score (nSPS) is 38.0. The summed E-state index contributed by atoms with van der Waals surface area (Å²) < 4.78 is 5.23. The average molecular weight is 150 g/mol. The highest BCUT2D eigenvalue weighted by Gasteiger charge is 2.32. The van der Waals surface area contributed by atoms with Gasteiger partial charge in [-0.05, 0) is 31.3 Å². The molecule has 0 aromatic rings. The van der Waals surface area contributed by atoms with Crippen molar-refractivity contribution in [3.63, 3.8) is 0 Å². The van der Waals surface area contributed by atoms with Crippen molar-refractivity contribution in [3.8, 4) is 0 Å². The number of hydrogen-bond acceptors (Lipinski definition) is 1. The van der Waals surface area contributed by atoms with Gasteiger partial charge in [0.1, 0.15) is 0 Å². The molecule has 2 atom stereocenters. The fraction of sp³-hybridized carbons (Fsp3) is 0.600. The van der Waals surface area contributed by atoms with Gasteiger partial charge in [-0.15, -0.1) is 0 Å². The van der Waals surface area contributed by atoms with Crippen LogP contribution in [0.5, 0.6) is 0 Å². The van der Waals surface area contributed by atoms with Crippen LogP contribution in [0.4, 0.5) is 0 Å². The molecule has 2 unspecified atom stereocenters. The van der Waals surface area contributed by atoms with Crippen molar-refractivity contribution in [2.24, 2.45) is 11.8 Å². The second-order valence-electron chi connectivity index (χ2n) is 3.48. The van der Waals surface area contributed by atoms with Crippen molar-refractivity contribution in [2.45, 2.75) is 19.8 Å². The molecule has 2 rings (SSSR count). The molecular weight excluding hydrogens is 136 g/mol. The van der Waals surface area contributed by atoms with Crippen LogP contribution in [-0.2, 0) is 4.74 Å². The van der Waals surface area contributed by atoms with E-state index >= 15 is 0 Å². The van der Waals surface area contributed by atoms with E-state index in [1.54, 1.807) is 7.11 Å². The van der Waals surface area contributed by atoms with Gasteiger partial charge in [0.2, 0.25) is 0 Å². The molecule has 0 heterocycles.